The molecule has 1 rings (SSSR count). The van der Waals surface area contributed by atoms with Gasteiger partial charge in [-0.2, -0.15) is 0 Å². The van der Waals surface area contributed by atoms with E-state index < -0.39 is 12.6 Å². The molecule has 0 atom stereocenters. The highest BCUT2D eigenvalue weighted by Crippen LogP contribution is 2.02. The standard InChI is InChI=1S/C12H13FO2/c1-10(8-13)7-12(14)15-9-11-5-3-2-4-6-11/h2-7H,8-9H2,1H3. The first-order chi connectivity index (χ1) is 7.22. The zero-order chi connectivity index (χ0) is 11.1. The first-order valence-electron chi connectivity index (χ1n) is 4.66. The van der Waals surface area contributed by atoms with Gasteiger partial charge in [-0.05, 0) is 18.1 Å². The Hall–Kier alpha value is -1.64. The second-order valence-corrected chi connectivity index (χ2v) is 3.22. The van der Waals surface area contributed by atoms with Gasteiger partial charge in [0.15, 0.2) is 0 Å². The number of alkyl halides is 1. The van der Waals surface area contributed by atoms with Crippen LogP contribution in [-0.2, 0) is 16.1 Å². The summed E-state index contributed by atoms with van der Waals surface area (Å²) in [4.78, 5) is 11.1. The highest BCUT2D eigenvalue weighted by atomic mass is 19.1. The van der Waals surface area contributed by atoms with E-state index in [4.69, 9.17) is 4.74 Å². The number of benzene rings is 1. The van der Waals surface area contributed by atoms with E-state index in [2.05, 4.69) is 0 Å². The van der Waals surface area contributed by atoms with Crippen molar-refractivity contribution >= 4 is 5.97 Å². The number of ether oxygens (including phenoxy) is 1. The third-order valence-corrected chi connectivity index (χ3v) is 1.80. The monoisotopic (exact) mass is 208 g/mol. The Balaban J connectivity index is 2.41. The van der Waals surface area contributed by atoms with Crippen LogP contribution in [0.5, 0.6) is 0 Å². The number of carbonyl (C=O) groups is 1. The molecular formula is C12H13FO2. The summed E-state index contributed by atoms with van der Waals surface area (Å²) in [5.74, 6) is -0.506. The quantitative estimate of drug-likeness (QED) is 0.561. The van der Waals surface area contributed by atoms with Gasteiger partial charge in [0.2, 0.25) is 0 Å². The topological polar surface area (TPSA) is 26.3 Å². The van der Waals surface area contributed by atoms with Crippen LogP contribution in [0, 0.1) is 0 Å². The number of rotatable bonds is 4. The summed E-state index contributed by atoms with van der Waals surface area (Å²) < 4.78 is 17.0. The normalized spacial score (nSPS) is 11.2. The second kappa shape index (κ2) is 5.96. The van der Waals surface area contributed by atoms with Crippen LogP contribution in [0.15, 0.2) is 42.0 Å². The molecular weight excluding hydrogens is 195 g/mol. The Bertz CT molecular complexity index is 344. The van der Waals surface area contributed by atoms with E-state index >= 15 is 0 Å². The molecule has 0 radical (unpaired) electrons. The van der Waals surface area contributed by atoms with Crippen LogP contribution in [0.25, 0.3) is 0 Å². The molecule has 1 aromatic carbocycles. The molecule has 3 heteroatoms. The van der Waals surface area contributed by atoms with E-state index in [0.717, 1.165) is 5.56 Å². The Morgan fingerprint density at radius 3 is 2.67 bits per heavy atom. The molecule has 0 heterocycles. The lowest BCUT2D eigenvalue weighted by molar-refractivity contribution is -0.139. The predicted molar refractivity (Wildman–Crippen MR) is 56.0 cm³/mol. The SMILES string of the molecule is CC(=CC(=O)OCc1ccccc1)CF. The summed E-state index contributed by atoms with van der Waals surface area (Å²) in [5, 5.41) is 0. The molecule has 80 valence electrons. The minimum Gasteiger partial charge on any atom is -0.458 e. The highest BCUT2D eigenvalue weighted by molar-refractivity contribution is 5.82. The van der Waals surface area contributed by atoms with Crippen LogP contribution in [0.1, 0.15) is 12.5 Å². The molecule has 0 fully saturated rings. The van der Waals surface area contributed by atoms with Crippen molar-refractivity contribution in [3.8, 4) is 0 Å². The van der Waals surface area contributed by atoms with Gasteiger partial charge in [0, 0.05) is 6.08 Å². The summed E-state index contributed by atoms with van der Waals surface area (Å²) in [7, 11) is 0. The first kappa shape index (κ1) is 11.4. The number of esters is 1. The third kappa shape index (κ3) is 4.40. The van der Waals surface area contributed by atoms with Gasteiger partial charge >= 0.3 is 5.97 Å². The molecule has 15 heavy (non-hydrogen) atoms. The molecule has 0 saturated carbocycles. The van der Waals surface area contributed by atoms with Crippen molar-refractivity contribution in [2.75, 3.05) is 6.67 Å². The third-order valence-electron chi connectivity index (χ3n) is 1.80. The molecule has 0 unspecified atom stereocenters. The van der Waals surface area contributed by atoms with Crippen molar-refractivity contribution < 1.29 is 13.9 Å². The molecule has 1 aromatic rings. The van der Waals surface area contributed by atoms with Crippen molar-refractivity contribution in [2.45, 2.75) is 13.5 Å². The van der Waals surface area contributed by atoms with Gasteiger partial charge < -0.3 is 4.74 Å². The van der Waals surface area contributed by atoms with Gasteiger partial charge in [-0.3, -0.25) is 0 Å². The van der Waals surface area contributed by atoms with Crippen LogP contribution >= 0.6 is 0 Å². The van der Waals surface area contributed by atoms with Crippen LogP contribution in [0.4, 0.5) is 4.39 Å². The van der Waals surface area contributed by atoms with Crippen molar-refractivity contribution in [1.29, 1.82) is 0 Å². The molecule has 0 amide bonds. The Labute approximate surface area is 88.4 Å². The van der Waals surface area contributed by atoms with Crippen molar-refractivity contribution in [3.63, 3.8) is 0 Å². The van der Waals surface area contributed by atoms with E-state index in [0.29, 0.717) is 5.57 Å². The first-order valence-corrected chi connectivity index (χ1v) is 4.66. The van der Waals surface area contributed by atoms with E-state index in [1.165, 1.54) is 6.08 Å². The van der Waals surface area contributed by atoms with Gasteiger partial charge in [0.1, 0.15) is 13.3 Å². The average Bonchev–Trinajstić information content (AvgIpc) is 2.27. The molecule has 0 spiro atoms. The van der Waals surface area contributed by atoms with E-state index in [-0.39, 0.29) is 6.61 Å². The number of carbonyl (C=O) groups excluding carboxylic acids is 1. The zero-order valence-electron chi connectivity index (χ0n) is 8.57. The fourth-order valence-electron chi connectivity index (χ4n) is 1.01. The van der Waals surface area contributed by atoms with E-state index in [9.17, 15) is 9.18 Å². The molecule has 0 aromatic heterocycles. The fraction of sp³-hybridized carbons (Fsp3) is 0.250. The Morgan fingerprint density at radius 1 is 1.40 bits per heavy atom. The van der Waals surface area contributed by atoms with E-state index in [1.54, 1.807) is 6.92 Å². The summed E-state index contributed by atoms with van der Waals surface area (Å²) in [6.07, 6.45) is 1.17. The lowest BCUT2D eigenvalue weighted by Gasteiger charge is -2.02. The van der Waals surface area contributed by atoms with Crippen molar-refractivity contribution in [1.82, 2.24) is 0 Å². The highest BCUT2D eigenvalue weighted by Gasteiger charge is 1.99. The fourth-order valence-corrected chi connectivity index (χ4v) is 1.01. The molecule has 0 N–H and O–H groups in total. The minimum absolute atomic E-state index is 0.218. The molecule has 0 saturated heterocycles. The van der Waals surface area contributed by atoms with Gasteiger partial charge in [0.05, 0.1) is 0 Å². The number of allylic oxidation sites excluding steroid dienone is 1. The molecule has 0 aliphatic rings. The lowest BCUT2D eigenvalue weighted by Crippen LogP contribution is -2.02. The summed E-state index contributed by atoms with van der Waals surface area (Å²) in [6.45, 7) is 1.14. The van der Waals surface area contributed by atoms with Gasteiger partial charge in [-0.1, -0.05) is 30.3 Å². The molecule has 0 bridgehead atoms. The van der Waals surface area contributed by atoms with Gasteiger partial charge in [-0.25, -0.2) is 9.18 Å². The maximum Gasteiger partial charge on any atom is 0.331 e. The van der Waals surface area contributed by atoms with E-state index in [1.807, 2.05) is 30.3 Å². The van der Waals surface area contributed by atoms with Crippen LogP contribution < -0.4 is 0 Å². The number of hydrogen-bond acceptors (Lipinski definition) is 2. The van der Waals surface area contributed by atoms with Crippen molar-refractivity contribution in [3.05, 3.63) is 47.5 Å². The maximum absolute atomic E-state index is 12.0. The molecule has 2 nitrogen and oxygen atoms in total. The molecule has 0 aliphatic carbocycles. The maximum atomic E-state index is 12.0. The minimum atomic E-state index is -0.625. The van der Waals surface area contributed by atoms with Gasteiger partial charge in [0.25, 0.3) is 0 Å². The van der Waals surface area contributed by atoms with Crippen molar-refractivity contribution in [2.24, 2.45) is 0 Å². The summed E-state index contributed by atoms with van der Waals surface area (Å²) >= 11 is 0. The summed E-state index contributed by atoms with van der Waals surface area (Å²) in [5.41, 5.74) is 1.28. The molecule has 0 aliphatic heterocycles. The second-order valence-electron chi connectivity index (χ2n) is 3.22. The zero-order valence-corrected chi connectivity index (χ0v) is 8.57. The Morgan fingerprint density at radius 2 is 2.07 bits per heavy atom. The average molecular weight is 208 g/mol. The number of halogens is 1. The van der Waals surface area contributed by atoms with Crippen LogP contribution in [0.2, 0.25) is 0 Å². The van der Waals surface area contributed by atoms with Gasteiger partial charge in [-0.15, -0.1) is 0 Å². The Kier molecular flexibility index (Phi) is 4.54. The largest absolute Gasteiger partial charge is 0.458 e. The van der Waals surface area contributed by atoms with Crippen LogP contribution in [0.3, 0.4) is 0 Å². The summed E-state index contributed by atoms with van der Waals surface area (Å²) in [6, 6.07) is 9.34. The predicted octanol–water partition coefficient (Wildman–Crippen LogP) is 2.65. The smallest absolute Gasteiger partial charge is 0.331 e. The lowest BCUT2D eigenvalue weighted by atomic mass is 10.2. The van der Waals surface area contributed by atoms with Crippen LogP contribution in [-0.4, -0.2) is 12.6 Å². The number of hydrogen-bond donors (Lipinski definition) is 0.